The first-order chi connectivity index (χ1) is 13.5. The molecule has 0 atom stereocenters. The van der Waals surface area contributed by atoms with Crippen LogP contribution < -0.4 is 19.0 Å². The molecule has 6 nitrogen and oxygen atoms in total. The van der Waals surface area contributed by atoms with Crippen molar-refractivity contribution in [2.45, 2.75) is 19.8 Å². The number of hydrogen-bond donors (Lipinski definition) is 0. The fourth-order valence-corrected chi connectivity index (χ4v) is 4.05. The molecular formula is C21H22N2O4S. The van der Waals surface area contributed by atoms with Crippen LogP contribution in [0.3, 0.4) is 0 Å². The van der Waals surface area contributed by atoms with E-state index in [9.17, 15) is 4.79 Å². The lowest BCUT2D eigenvalue weighted by Gasteiger charge is -2.18. The highest BCUT2D eigenvalue weighted by Gasteiger charge is 2.15. The van der Waals surface area contributed by atoms with Gasteiger partial charge in [0.2, 0.25) is 0 Å². The van der Waals surface area contributed by atoms with Crippen LogP contribution in [0.4, 0.5) is 0 Å². The Kier molecular flexibility index (Phi) is 5.09. The van der Waals surface area contributed by atoms with E-state index in [0.717, 1.165) is 21.7 Å². The maximum Gasteiger partial charge on any atom is 0.286 e. The smallest absolute Gasteiger partial charge is 0.286 e. The average molecular weight is 398 g/mol. The minimum absolute atomic E-state index is 0.0992. The van der Waals surface area contributed by atoms with Gasteiger partial charge in [0.15, 0.2) is 22.9 Å². The molecule has 28 heavy (non-hydrogen) atoms. The molecule has 0 saturated carbocycles. The van der Waals surface area contributed by atoms with Gasteiger partial charge in [0, 0.05) is 19.2 Å². The second kappa shape index (κ2) is 7.67. The molecule has 0 saturated heterocycles. The lowest BCUT2D eigenvalue weighted by Crippen LogP contribution is -2.17. The van der Waals surface area contributed by atoms with Gasteiger partial charge < -0.3 is 18.8 Å². The van der Waals surface area contributed by atoms with Gasteiger partial charge in [-0.05, 0) is 23.6 Å². The van der Waals surface area contributed by atoms with Crippen LogP contribution in [0.5, 0.6) is 17.2 Å². The zero-order valence-corrected chi connectivity index (χ0v) is 16.9. The van der Waals surface area contributed by atoms with Gasteiger partial charge in [-0.3, -0.25) is 4.79 Å². The molecule has 2 heterocycles. The molecule has 0 unspecified atom stereocenters. The molecule has 2 aromatic carbocycles. The molecule has 0 bridgehead atoms. The standard InChI is InChI=1S/C21H22N2O4S/c1-13(2)14-4-6-15(7-5-14)27-12-20(24)22-21-23(3)16-10-17-18(11-19(16)28-21)26-9-8-25-17/h4-7,10-11,13H,8-9,12H2,1-3H3. The lowest BCUT2D eigenvalue weighted by atomic mass is 10.0. The SMILES string of the molecule is CC(C)c1ccc(OCC(=O)N=c2sc3cc4c(cc3n2C)OCCO4)cc1. The third-order valence-corrected chi connectivity index (χ3v) is 5.70. The van der Waals surface area contributed by atoms with Crippen LogP contribution in [-0.2, 0) is 11.8 Å². The fraction of sp³-hybridized carbons (Fsp3) is 0.333. The largest absolute Gasteiger partial charge is 0.486 e. The van der Waals surface area contributed by atoms with Crippen molar-refractivity contribution < 1.29 is 19.0 Å². The van der Waals surface area contributed by atoms with Gasteiger partial charge in [-0.2, -0.15) is 4.99 Å². The minimum atomic E-state index is -0.327. The molecule has 0 radical (unpaired) electrons. The Bertz CT molecular complexity index is 1080. The Morgan fingerprint density at radius 1 is 1.18 bits per heavy atom. The Morgan fingerprint density at radius 2 is 1.86 bits per heavy atom. The summed E-state index contributed by atoms with van der Waals surface area (Å²) in [5.74, 6) is 2.24. The Balaban J connectivity index is 1.52. The molecule has 7 heteroatoms. The molecule has 1 aliphatic heterocycles. The van der Waals surface area contributed by atoms with Gasteiger partial charge in [0.25, 0.3) is 5.91 Å². The Labute approximate surface area is 167 Å². The van der Waals surface area contributed by atoms with Crippen molar-refractivity contribution >= 4 is 27.5 Å². The van der Waals surface area contributed by atoms with Crippen LogP contribution in [-0.4, -0.2) is 30.3 Å². The number of aromatic nitrogens is 1. The van der Waals surface area contributed by atoms with Gasteiger partial charge in [-0.1, -0.05) is 37.3 Å². The molecule has 0 fully saturated rings. The number of ether oxygens (including phenoxy) is 3. The number of nitrogens with zero attached hydrogens (tertiary/aromatic N) is 2. The van der Waals surface area contributed by atoms with E-state index in [1.807, 2.05) is 48.0 Å². The van der Waals surface area contributed by atoms with Gasteiger partial charge >= 0.3 is 0 Å². The summed E-state index contributed by atoms with van der Waals surface area (Å²) in [6, 6.07) is 11.7. The molecule has 0 N–H and O–H groups in total. The number of hydrogen-bond acceptors (Lipinski definition) is 5. The fourth-order valence-electron chi connectivity index (χ4n) is 3.00. The van der Waals surface area contributed by atoms with Crippen molar-refractivity contribution in [2.75, 3.05) is 19.8 Å². The number of fused-ring (bicyclic) bond motifs is 2. The maximum absolute atomic E-state index is 12.3. The Morgan fingerprint density at radius 3 is 2.54 bits per heavy atom. The van der Waals surface area contributed by atoms with Crippen LogP contribution in [0, 0.1) is 0 Å². The van der Waals surface area contributed by atoms with E-state index in [0.29, 0.717) is 29.7 Å². The molecular weight excluding hydrogens is 376 g/mol. The quantitative estimate of drug-likeness (QED) is 0.673. The normalized spacial score (nSPS) is 13.9. The third-order valence-electron chi connectivity index (χ3n) is 4.60. The van der Waals surface area contributed by atoms with E-state index in [4.69, 9.17) is 14.2 Å². The highest BCUT2D eigenvalue weighted by Crippen LogP contribution is 2.35. The van der Waals surface area contributed by atoms with E-state index >= 15 is 0 Å². The number of carbonyl (C=O) groups is 1. The summed E-state index contributed by atoms with van der Waals surface area (Å²) in [6.07, 6.45) is 0. The second-order valence-electron chi connectivity index (χ2n) is 6.93. The van der Waals surface area contributed by atoms with Crippen molar-refractivity contribution in [3.05, 3.63) is 46.8 Å². The predicted molar refractivity (Wildman–Crippen MR) is 108 cm³/mol. The maximum atomic E-state index is 12.3. The molecule has 1 aliphatic rings. The lowest BCUT2D eigenvalue weighted by molar-refractivity contribution is -0.120. The monoisotopic (exact) mass is 398 g/mol. The number of carbonyl (C=O) groups excluding carboxylic acids is 1. The van der Waals surface area contributed by atoms with E-state index in [-0.39, 0.29) is 12.5 Å². The molecule has 146 valence electrons. The summed E-state index contributed by atoms with van der Waals surface area (Å²) in [6.45, 7) is 5.26. The zero-order valence-electron chi connectivity index (χ0n) is 16.1. The van der Waals surface area contributed by atoms with Crippen molar-refractivity contribution in [3.63, 3.8) is 0 Å². The first-order valence-corrected chi connectivity index (χ1v) is 10.0. The van der Waals surface area contributed by atoms with Gasteiger partial charge in [-0.15, -0.1) is 0 Å². The van der Waals surface area contributed by atoms with Crippen LogP contribution in [0.25, 0.3) is 10.2 Å². The molecule has 3 aromatic rings. The number of aryl methyl sites for hydroxylation is 1. The van der Waals surface area contributed by atoms with Crippen LogP contribution in [0.1, 0.15) is 25.3 Å². The van der Waals surface area contributed by atoms with Gasteiger partial charge in [0.05, 0.1) is 10.2 Å². The molecule has 1 aromatic heterocycles. The topological polar surface area (TPSA) is 62.0 Å². The van der Waals surface area contributed by atoms with Crippen LogP contribution in [0.15, 0.2) is 41.4 Å². The van der Waals surface area contributed by atoms with E-state index in [2.05, 4.69) is 18.8 Å². The zero-order chi connectivity index (χ0) is 19.7. The average Bonchev–Trinajstić information content (AvgIpc) is 2.99. The second-order valence-corrected chi connectivity index (χ2v) is 7.93. The number of thiazole rings is 1. The Hall–Kier alpha value is -2.80. The molecule has 0 spiro atoms. The molecule has 4 rings (SSSR count). The van der Waals surface area contributed by atoms with Crippen molar-refractivity contribution in [3.8, 4) is 17.2 Å². The van der Waals surface area contributed by atoms with Crippen LogP contribution >= 0.6 is 11.3 Å². The minimum Gasteiger partial charge on any atom is -0.486 e. The number of rotatable bonds is 4. The highest BCUT2D eigenvalue weighted by atomic mass is 32.1. The van der Waals surface area contributed by atoms with E-state index < -0.39 is 0 Å². The first kappa shape index (κ1) is 18.6. The summed E-state index contributed by atoms with van der Waals surface area (Å²) in [7, 11) is 1.88. The number of benzene rings is 2. The van der Waals surface area contributed by atoms with Crippen molar-refractivity contribution in [1.82, 2.24) is 4.57 Å². The predicted octanol–water partition coefficient (Wildman–Crippen LogP) is 3.64. The summed E-state index contributed by atoms with van der Waals surface area (Å²) in [4.78, 5) is 17.1. The van der Waals surface area contributed by atoms with Crippen molar-refractivity contribution in [2.24, 2.45) is 12.0 Å². The number of amides is 1. The van der Waals surface area contributed by atoms with E-state index in [1.54, 1.807) is 0 Å². The highest BCUT2D eigenvalue weighted by molar-refractivity contribution is 7.16. The molecule has 0 aliphatic carbocycles. The first-order valence-electron chi connectivity index (χ1n) is 9.21. The van der Waals surface area contributed by atoms with Crippen molar-refractivity contribution in [1.29, 1.82) is 0 Å². The van der Waals surface area contributed by atoms with Gasteiger partial charge in [-0.25, -0.2) is 0 Å². The summed E-state index contributed by atoms with van der Waals surface area (Å²) in [5.41, 5.74) is 2.18. The molecule has 1 amide bonds. The van der Waals surface area contributed by atoms with Gasteiger partial charge in [0.1, 0.15) is 19.0 Å². The van der Waals surface area contributed by atoms with E-state index in [1.165, 1.54) is 16.9 Å². The summed E-state index contributed by atoms with van der Waals surface area (Å²) < 4.78 is 19.7. The van der Waals surface area contributed by atoms with Crippen LogP contribution in [0.2, 0.25) is 0 Å². The summed E-state index contributed by atoms with van der Waals surface area (Å²) in [5, 5.41) is 0. The summed E-state index contributed by atoms with van der Waals surface area (Å²) >= 11 is 1.44. The third kappa shape index (κ3) is 3.75.